The summed E-state index contributed by atoms with van der Waals surface area (Å²) in [7, 11) is 0. The van der Waals surface area contributed by atoms with E-state index in [1.807, 2.05) is 32.9 Å². The summed E-state index contributed by atoms with van der Waals surface area (Å²) >= 11 is 0. The molecule has 5 nitrogen and oxygen atoms in total. The quantitative estimate of drug-likeness (QED) is 0.470. The van der Waals surface area contributed by atoms with E-state index in [4.69, 9.17) is 9.94 Å². The number of hydrogen-bond acceptors (Lipinski definition) is 4. The maximum atomic E-state index is 11.5. The van der Waals surface area contributed by atoms with E-state index in [0.29, 0.717) is 23.4 Å². The molecule has 0 unspecified atom stereocenters. The van der Waals surface area contributed by atoms with Gasteiger partial charge in [0.25, 0.3) is 5.91 Å². The number of amides is 1. The lowest BCUT2D eigenvalue weighted by atomic mass is 10.1. The van der Waals surface area contributed by atoms with Gasteiger partial charge in [0, 0.05) is 11.6 Å². The lowest BCUT2D eigenvalue weighted by molar-refractivity contribution is -0.123. The first kappa shape index (κ1) is 15.0. The van der Waals surface area contributed by atoms with Crippen LogP contribution in [-0.2, 0) is 4.79 Å². The van der Waals surface area contributed by atoms with Crippen LogP contribution < -0.4 is 10.1 Å². The highest BCUT2D eigenvalue weighted by atomic mass is 16.5. The first-order valence-electron chi connectivity index (χ1n) is 6.31. The van der Waals surface area contributed by atoms with Crippen molar-refractivity contribution in [2.24, 2.45) is 5.16 Å². The highest BCUT2D eigenvalue weighted by Crippen LogP contribution is 2.20. The first-order chi connectivity index (χ1) is 9.08. The minimum absolute atomic E-state index is 0.0579. The summed E-state index contributed by atoms with van der Waals surface area (Å²) in [5.41, 5.74) is 1.23. The molecule has 0 fully saturated rings. The minimum Gasteiger partial charge on any atom is -0.483 e. The van der Waals surface area contributed by atoms with E-state index in [1.165, 1.54) is 0 Å². The largest absolute Gasteiger partial charge is 0.483 e. The summed E-state index contributed by atoms with van der Waals surface area (Å²) < 4.78 is 5.48. The first-order valence-corrected chi connectivity index (χ1v) is 6.31. The number of oxime groups is 1. The predicted octanol–water partition coefficient (Wildman–Crippen LogP) is 2.18. The maximum Gasteiger partial charge on any atom is 0.258 e. The Hall–Kier alpha value is -2.04. The number of carbonyl (C=O) groups excluding carboxylic acids is 1. The zero-order valence-corrected chi connectivity index (χ0v) is 11.5. The Labute approximate surface area is 113 Å². The zero-order chi connectivity index (χ0) is 14.3. The summed E-state index contributed by atoms with van der Waals surface area (Å²) in [4.78, 5) is 11.5. The number of carbonyl (C=O) groups is 1. The molecular formula is C14H20N2O3. The number of benzene rings is 1. The molecule has 0 saturated heterocycles. The van der Waals surface area contributed by atoms with Gasteiger partial charge in [-0.1, -0.05) is 24.2 Å². The second kappa shape index (κ2) is 7.41. The molecule has 19 heavy (non-hydrogen) atoms. The van der Waals surface area contributed by atoms with Crippen LogP contribution in [0.3, 0.4) is 0 Å². The summed E-state index contributed by atoms with van der Waals surface area (Å²) in [6.07, 6.45) is 0.578. The monoisotopic (exact) mass is 264 g/mol. The Balaban J connectivity index is 2.76. The molecule has 5 heteroatoms. The van der Waals surface area contributed by atoms with Crippen molar-refractivity contribution in [2.75, 3.05) is 6.61 Å². The van der Waals surface area contributed by atoms with Gasteiger partial charge in [0.05, 0.1) is 5.71 Å². The van der Waals surface area contributed by atoms with Crippen LogP contribution in [-0.4, -0.2) is 29.5 Å². The highest BCUT2D eigenvalue weighted by Gasteiger charge is 2.11. The number of hydrogen-bond donors (Lipinski definition) is 2. The van der Waals surface area contributed by atoms with E-state index in [2.05, 4.69) is 10.5 Å². The van der Waals surface area contributed by atoms with Crippen molar-refractivity contribution in [3.63, 3.8) is 0 Å². The lowest BCUT2D eigenvalue weighted by Crippen LogP contribution is -2.34. The van der Waals surface area contributed by atoms with Crippen LogP contribution in [0, 0.1) is 0 Å². The summed E-state index contributed by atoms with van der Waals surface area (Å²) in [5.74, 6) is 0.361. The van der Waals surface area contributed by atoms with Crippen LogP contribution in [0.2, 0.25) is 0 Å². The predicted molar refractivity (Wildman–Crippen MR) is 73.8 cm³/mol. The van der Waals surface area contributed by atoms with Gasteiger partial charge in [-0.25, -0.2) is 0 Å². The van der Waals surface area contributed by atoms with Crippen molar-refractivity contribution < 1.29 is 14.7 Å². The Bertz CT molecular complexity index is 456. The van der Waals surface area contributed by atoms with Crippen molar-refractivity contribution in [3.05, 3.63) is 29.8 Å². The summed E-state index contributed by atoms with van der Waals surface area (Å²) in [5, 5.41) is 14.9. The fraction of sp³-hybridized carbons (Fsp3) is 0.429. The van der Waals surface area contributed by atoms with Crippen molar-refractivity contribution in [3.8, 4) is 5.75 Å². The van der Waals surface area contributed by atoms with E-state index in [-0.39, 0.29) is 18.6 Å². The van der Waals surface area contributed by atoms with Crippen LogP contribution in [0.15, 0.2) is 29.4 Å². The Kier molecular flexibility index (Phi) is 5.85. The minimum atomic E-state index is -0.177. The molecule has 2 N–H and O–H groups in total. The molecule has 1 amide bonds. The number of nitrogens with one attached hydrogen (secondary N) is 1. The van der Waals surface area contributed by atoms with E-state index < -0.39 is 0 Å². The molecule has 0 spiro atoms. The van der Waals surface area contributed by atoms with Gasteiger partial charge in [0.1, 0.15) is 5.75 Å². The van der Waals surface area contributed by atoms with Gasteiger partial charge >= 0.3 is 0 Å². The molecule has 1 aromatic carbocycles. The van der Waals surface area contributed by atoms with Crippen molar-refractivity contribution >= 4 is 11.6 Å². The van der Waals surface area contributed by atoms with Gasteiger partial charge in [-0.05, 0) is 32.4 Å². The van der Waals surface area contributed by atoms with Crippen LogP contribution >= 0.6 is 0 Å². The zero-order valence-electron chi connectivity index (χ0n) is 11.5. The highest BCUT2D eigenvalue weighted by molar-refractivity contribution is 6.02. The van der Waals surface area contributed by atoms with Gasteiger partial charge in [-0.2, -0.15) is 0 Å². The standard InChI is InChI=1S/C14H20N2O3/c1-4-12(16-18)11-7-5-6-8-13(11)19-9-14(17)15-10(2)3/h5-8,10,18H,4,9H2,1-3H3,(H,15,17)/b16-12+. The van der Waals surface area contributed by atoms with Gasteiger partial charge in [0.2, 0.25) is 0 Å². The lowest BCUT2D eigenvalue weighted by Gasteiger charge is -2.12. The van der Waals surface area contributed by atoms with E-state index in [1.54, 1.807) is 12.1 Å². The third-order valence-corrected chi connectivity index (χ3v) is 2.46. The van der Waals surface area contributed by atoms with Gasteiger partial charge < -0.3 is 15.3 Å². The number of ether oxygens (including phenoxy) is 1. The fourth-order valence-corrected chi connectivity index (χ4v) is 1.65. The van der Waals surface area contributed by atoms with E-state index >= 15 is 0 Å². The average Bonchev–Trinajstić information content (AvgIpc) is 2.38. The molecule has 1 rings (SSSR count). The molecule has 0 bridgehead atoms. The van der Waals surface area contributed by atoms with Crippen LogP contribution in [0.5, 0.6) is 5.75 Å². The summed E-state index contributed by atoms with van der Waals surface area (Å²) in [6, 6.07) is 7.27. The second-order valence-corrected chi connectivity index (χ2v) is 4.41. The topological polar surface area (TPSA) is 70.9 Å². The second-order valence-electron chi connectivity index (χ2n) is 4.41. The molecular weight excluding hydrogens is 244 g/mol. The number of para-hydroxylation sites is 1. The Morgan fingerprint density at radius 3 is 2.68 bits per heavy atom. The summed E-state index contributed by atoms with van der Waals surface area (Å²) in [6.45, 7) is 5.60. The molecule has 104 valence electrons. The molecule has 1 aromatic rings. The molecule has 0 aliphatic carbocycles. The molecule has 0 heterocycles. The number of rotatable bonds is 6. The third kappa shape index (κ3) is 4.62. The smallest absolute Gasteiger partial charge is 0.258 e. The molecule has 0 aromatic heterocycles. The molecule has 0 aliphatic heterocycles. The molecule has 0 radical (unpaired) electrons. The Morgan fingerprint density at radius 2 is 2.11 bits per heavy atom. The van der Waals surface area contributed by atoms with Crippen molar-refractivity contribution in [2.45, 2.75) is 33.2 Å². The van der Waals surface area contributed by atoms with Crippen molar-refractivity contribution in [1.82, 2.24) is 5.32 Å². The van der Waals surface area contributed by atoms with Gasteiger partial charge in [0.15, 0.2) is 6.61 Å². The molecule has 0 saturated carbocycles. The van der Waals surface area contributed by atoms with Gasteiger partial charge in [-0.3, -0.25) is 4.79 Å². The van der Waals surface area contributed by atoms with Crippen LogP contribution in [0.1, 0.15) is 32.8 Å². The van der Waals surface area contributed by atoms with Gasteiger partial charge in [-0.15, -0.1) is 0 Å². The molecule has 0 aliphatic rings. The van der Waals surface area contributed by atoms with Crippen LogP contribution in [0.4, 0.5) is 0 Å². The van der Waals surface area contributed by atoms with E-state index in [9.17, 15) is 4.79 Å². The molecule has 0 atom stereocenters. The SMILES string of the molecule is CC/C(=N\O)c1ccccc1OCC(=O)NC(C)C. The maximum absolute atomic E-state index is 11.5. The Morgan fingerprint density at radius 1 is 1.42 bits per heavy atom. The van der Waals surface area contributed by atoms with Crippen molar-refractivity contribution in [1.29, 1.82) is 0 Å². The fourth-order valence-electron chi connectivity index (χ4n) is 1.65. The normalized spacial score (nSPS) is 11.5. The third-order valence-electron chi connectivity index (χ3n) is 2.46. The average molecular weight is 264 g/mol. The van der Waals surface area contributed by atoms with E-state index in [0.717, 1.165) is 0 Å². The van der Waals surface area contributed by atoms with Crippen LogP contribution in [0.25, 0.3) is 0 Å². The number of nitrogens with zero attached hydrogens (tertiary/aromatic N) is 1.